The molecule has 0 unspecified atom stereocenters. The first kappa shape index (κ1) is 15.1. The molecule has 0 radical (unpaired) electrons. The molecule has 21 heavy (non-hydrogen) atoms. The summed E-state index contributed by atoms with van der Waals surface area (Å²) in [5, 5.41) is 2.83. The van der Waals surface area contributed by atoms with Crippen molar-refractivity contribution in [3.8, 4) is 5.75 Å². The molecule has 0 saturated heterocycles. The molecule has 0 bridgehead atoms. The van der Waals surface area contributed by atoms with Crippen LogP contribution in [0.3, 0.4) is 0 Å². The van der Waals surface area contributed by atoms with Crippen LogP contribution in [0.5, 0.6) is 5.75 Å². The largest absolute Gasteiger partial charge is 0.483 e. The Morgan fingerprint density at radius 1 is 1.05 bits per heavy atom. The fraction of sp³-hybridized carbons (Fsp3) is 0.235. The van der Waals surface area contributed by atoms with Crippen LogP contribution in [-0.2, 0) is 17.8 Å². The minimum atomic E-state index is -0.138. The van der Waals surface area contributed by atoms with E-state index < -0.39 is 0 Å². The lowest BCUT2D eigenvalue weighted by Crippen LogP contribution is -2.28. The monoisotopic (exact) mass is 284 g/mol. The summed E-state index contributed by atoms with van der Waals surface area (Å²) in [6.07, 6.45) is 0.738. The highest BCUT2D eigenvalue weighted by Crippen LogP contribution is 2.17. The molecule has 4 nitrogen and oxygen atoms in total. The standard InChI is InChI=1S/C17H20N2O2/c18-11-10-15-8-4-5-9-16(15)21-13-17(20)19-12-14-6-2-1-3-7-14/h1-9H,10-13,18H2,(H,19,20). The molecule has 0 fully saturated rings. The molecule has 0 aromatic heterocycles. The normalized spacial score (nSPS) is 10.1. The molecular weight excluding hydrogens is 264 g/mol. The first-order chi connectivity index (χ1) is 10.3. The van der Waals surface area contributed by atoms with E-state index in [1.165, 1.54) is 0 Å². The van der Waals surface area contributed by atoms with Gasteiger partial charge in [0.05, 0.1) is 0 Å². The van der Waals surface area contributed by atoms with Crippen molar-refractivity contribution in [3.63, 3.8) is 0 Å². The molecular formula is C17H20N2O2. The van der Waals surface area contributed by atoms with E-state index in [1.54, 1.807) is 0 Å². The van der Waals surface area contributed by atoms with Gasteiger partial charge in [-0.1, -0.05) is 48.5 Å². The van der Waals surface area contributed by atoms with Crippen molar-refractivity contribution in [2.45, 2.75) is 13.0 Å². The Bertz CT molecular complexity index is 570. The topological polar surface area (TPSA) is 64.3 Å². The summed E-state index contributed by atoms with van der Waals surface area (Å²) < 4.78 is 5.57. The number of para-hydroxylation sites is 1. The summed E-state index contributed by atoms with van der Waals surface area (Å²) in [5.41, 5.74) is 7.65. The molecule has 2 aromatic carbocycles. The third kappa shape index (κ3) is 4.93. The van der Waals surface area contributed by atoms with Gasteiger partial charge in [-0.25, -0.2) is 0 Å². The zero-order chi connectivity index (χ0) is 14.9. The molecule has 1 amide bonds. The number of amides is 1. The van der Waals surface area contributed by atoms with E-state index in [2.05, 4.69) is 5.32 Å². The summed E-state index contributed by atoms with van der Waals surface area (Å²) in [4.78, 5) is 11.8. The van der Waals surface area contributed by atoms with Gasteiger partial charge in [0.1, 0.15) is 5.75 Å². The Labute approximate surface area is 124 Å². The second-order valence-electron chi connectivity index (χ2n) is 4.70. The molecule has 0 spiro atoms. The summed E-state index contributed by atoms with van der Waals surface area (Å²) in [7, 11) is 0. The highest BCUT2D eigenvalue weighted by molar-refractivity contribution is 5.77. The third-order valence-electron chi connectivity index (χ3n) is 3.08. The van der Waals surface area contributed by atoms with Gasteiger partial charge >= 0.3 is 0 Å². The van der Waals surface area contributed by atoms with Crippen molar-refractivity contribution in [2.75, 3.05) is 13.2 Å². The van der Waals surface area contributed by atoms with Crippen LogP contribution in [0, 0.1) is 0 Å². The average molecular weight is 284 g/mol. The van der Waals surface area contributed by atoms with Crippen LogP contribution in [0.1, 0.15) is 11.1 Å². The molecule has 4 heteroatoms. The van der Waals surface area contributed by atoms with Crippen molar-refractivity contribution in [1.82, 2.24) is 5.32 Å². The molecule has 3 N–H and O–H groups in total. The van der Waals surface area contributed by atoms with Crippen molar-refractivity contribution >= 4 is 5.91 Å². The molecule has 0 aliphatic heterocycles. The van der Waals surface area contributed by atoms with Crippen LogP contribution >= 0.6 is 0 Å². The van der Waals surface area contributed by atoms with Gasteiger partial charge in [0, 0.05) is 6.54 Å². The Morgan fingerprint density at radius 3 is 2.52 bits per heavy atom. The highest BCUT2D eigenvalue weighted by Gasteiger charge is 2.06. The summed E-state index contributed by atoms with van der Waals surface area (Å²) in [6, 6.07) is 17.4. The van der Waals surface area contributed by atoms with Crippen molar-refractivity contribution in [2.24, 2.45) is 5.73 Å². The Kier molecular flexibility index (Phi) is 5.79. The van der Waals surface area contributed by atoms with E-state index in [0.29, 0.717) is 13.1 Å². The van der Waals surface area contributed by atoms with Crippen molar-refractivity contribution in [3.05, 3.63) is 65.7 Å². The second-order valence-corrected chi connectivity index (χ2v) is 4.70. The van der Waals surface area contributed by atoms with E-state index in [1.807, 2.05) is 54.6 Å². The molecule has 110 valence electrons. The number of carbonyl (C=O) groups excluding carboxylic acids is 1. The maximum atomic E-state index is 11.8. The second kappa shape index (κ2) is 8.07. The zero-order valence-electron chi connectivity index (χ0n) is 11.9. The lowest BCUT2D eigenvalue weighted by atomic mass is 10.1. The number of benzene rings is 2. The molecule has 0 atom stereocenters. The van der Waals surface area contributed by atoms with Gasteiger partial charge in [-0.15, -0.1) is 0 Å². The van der Waals surface area contributed by atoms with Crippen molar-refractivity contribution in [1.29, 1.82) is 0 Å². The molecule has 2 aromatic rings. The first-order valence-corrected chi connectivity index (χ1v) is 7.01. The van der Waals surface area contributed by atoms with Gasteiger partial charge < -0.3 is 15.8 Å². The number of nitrogens with one attached hydrogen (secondary N) is 1. The zero-order valence-corrected chi connectivity index (χ0v) is 11.9. The van der Waals surface area contributed by atoms with Crippen molar-refractivity contribution < 1.29 is 9.53 Å². The van der Waals surface area contributed by atoms with Gasteiger partial charge in [0.25, 0.3) is 5.91 Å². The van der Waals surface area contributed by atoms with Crippen LogP contribution in [0.2, 0.25) is 0 Å². The summed E-state index contributed by atoms with van der Waals surface area (Å²) in [6.45, 7) is 1.07. The van der Waals surface area contributed by atoms with E-state index in [0.717, 1.165) is 23.3 Å². The fourth-order valence-corrected chi connectivity index (χ4v) is 2.00. The smallest absolute Gasteiger partial charge is 0.258 e. The van der Waals surface area contributed by atoms with E-state index in [9.17, 15) is 4.79 Å². The average Bonchev–Trinajstić information content (AvgIpc) is 2.53. The Morgan fingerprint density at radius 2 is 1.76 bits per heavy atom. The summed E-state index contributed by atoms with van der Waals surface area (Å²) in [5.74, 6) is 0.583. The Hall–Kier alpha value is -2.33. The number of rotatable bonds is 7. The number of carbonyl (C=O) groups is 1. The molecule has 0 saturated carbocycles. The maximum absolute atomic E-state index is 11.8. The third-order valence-corrected chi connectivity index (χ3v) is 3.08. The first-order valence-electron chi connectivity index (χ1n) is 7.01. The van der Waals surface area contributed by atoms with Crippen LogP contribution in [0.4, 0.5) is 0 Å². The predicted octanol–water partition coefficient (Wildman–Crippen LogP) is 1.88. The highest BCUT2D eigenvalue weighted by atomic mass is 16.5. The lowest BCUT2D eigenvalue weighted by Gasteiger charge is -2.11. The van der Waals surface area contributed by atoms with Crippen LogP contribution in [0.15, 0.2) is 54.6 Å². The fourth-order valence-electron chi connectivity index (χ4n) is 2.00. The van der Waals surface area contributed by atoms with Crippen LogP contribution < -0.4 is 15.8 Å². The minimum absolute atomic E-state index is 0.00835. The molecule has 0 heterocycles. The Balaban J connectivity index is 1.81. The number of hydrogen-bond donors (Lipinski definition) is 2. The van der Waals surface area contributed by atoms with Gasteiger partial charge in [-0.05, 0) is 30.2 Å². The SMILES string of the molecule is NCCc1ccccc1OCC(=O)NCc1ccccc1. The minimum Gasteiger partial charge on any atom is -0.483 e. The summed E-state index contributed by atoms with van der Waals surface area (Å²) >= 11 is 0. The quantitative estimate of drug-likeness (QED) is 0.816. The maximum Gasteiger partial charge on any atom is 0.258 e. The number of ether oxygens (including phenoxy) is 1. The van der Waals surface area contributed by atoms with Gasteiger partial charge in [0.2, 0.25) is 0 Å². The van der Waals surface area contributed by atoms with Gasteiger partial charge in [0.15, 0.2) is 6.61 Å². The van der Waals surface area contributed by atoms with E-state index in [-0.39, 0.29) is 12.5 Å². The lowest BCUT2D eigenvalue weighted by molar-refractivity contribution is -0.123. The van der Waals surface area contributed by atoms with Crippen LogP contribution in [-0.4, -0.2) is 19.1 Å². The number of hydrogen-bond acceptors (Lipinski definition) is 3. The molecule has 0 aliphatic carbocycles. The van der Waals surface area contributed by atoms with E-state index >= 15 is 0 Å². The predicted molar refractivity (Wildman–Crippen MR) is 83.0 cm³/mol. The van der Waals surface area contributed by atoms with Crippen LogP contribution in [0.25, 0.3) is 0 Å². The van der Waals surface area contributed by atoms with E-state index in [4.69, 9.17) is 10.5 Å². The molecule has 0 aliphatic rings. The number of nitrogens with two attached hydrogens (primary N) is 1. The van der Waals surface area contributed by atoms with Gasteiger partial charge in [-0.3, -0.25) is 4.79 Å². The molecule has 2 rings (SSSR count). The van der Waals surface area contributed by atoms with Gasteiger partial charge in [-0.2, -0.15) is 0 Å².